The van der Waals surface area contributed by atoms with E-state index in [1.54, 1.807) is 29.3 Å². The highest BCUT2D eigenvalue weighted by Gasteiger charge is 2.18. The molecule has 39 heavy (non-hydrogen) atoms. The second kappa shape index (κ2) is 14.4. The van der Waals surface area contributed by atoms with Crippen LogP contribution < -0.4 is 10.6 Å². The zero-order valence-electron chi connectivity index (χ0n) is 22.8. The molecule has 0 bridgehead atoms. The van der Waals surface area contributed by atoms with E-state index in [1.807, 2.05) is 37.3 Å². The Kier molecular flexibility index (Phi) is 10.8. The number of carbonyl (C=O) groups is 2. The summed E-state index contributed by atoms with van der Waals surface area (Å²) in [6, 6.07) is 14.6. The van der Waals surface area contributed by atoms with Crippen molar-refractivity contribution < 1.29 is 14.3 Å². The fraction of sp³-hybridized carbons (Fsp3) is 0.267. The largest absolute Gasteiger partial charge is 0.378 e. The molecule has 0 radical (unpaired) electrons. The number of morpholine rings is 1. The minimum absolute atomic E-state index is 0.0113. The third-order valence-electron chi connectivity index (χ3n) is 5.64. The lowest BCUT2D eigenvalue weighted by Gasteiger charge is -2.26. The third-order valence-corrected chi connectivity index (χ3v) is 5.64. The molecule has 0 saturated carbocycles. The molecule has 9 nitrogen and oxygen atoms in total. The Morgan fingerprint density at radius 1 is 1.08 bits per heavy atom. The number of aliphatic imine (C=N–C) groups is 1. The zero-order valence-corrected chi connectivity index (χ0v) is 22.8. The SMILES string of the molecule is C=CC(=O)Nc1cccc(/C(=N/C(=C)Nc2ccc(C(=O)N3CCOCC3)cc2)c2cn[nH]c2C)c1.CCC. The maximum absolute atomic E-state index is 12.7. The van der Waals surface area contributed by atoms with Crippen LogP contribution in [0.4, 0.5) is 11.4 Å². The van der Waals surface area contributed by atoms with Crippen LogP contribution in [-0.4, -0.2) is 58.9 Å². The van der Waals surface area contributed by atoms with Crippen LogP contribution >= 0.6 is 0 Å². The normalized spacial score (nSPS) is 13.1. The fourth-order valence-corrected chi connectivity index (χ4v) is 3.78. The second-order valence-electron chi connectivity index (χ2n) is 8.90. The van der Waals surface area contributed by atoms with Gasteiger partial charge in [-0.2, -0.15) is 5.10 Å². The number of rotatable bonds is 8. The van der Waals surface area contributed by atoms with E-state index in [0.29, 0.717) is 49.1 Å². The molecule has 204 valence electrons. The summed E-state index contributed by atoms with van der Waals surface area (Å²) in [5.74, 6) is 0.0907. The van der Waals surface area contributed by atoms with E-state index in [0.717, 1.165) is 22.5 Å². The number of anilines is 2. The van der Waals surface area contributed by atoms with E-state index in [2.05, 4.69) is 47.8 Å². The van der Waals surface area contributed by atoms with Gasteiger partial charge in [0.1, 0.15) is 5.82 Å². The minimum Gasteiger partial charge on any atom is -0.378 e. The van der Waals surface area contributed by atoms with Crippen LogP contribution in [0.3, 0.4) is 0 Å². The van der Waals surface area contributed by atoms with Gasteiger partial charge in [0.05, 0.1) is 25.1 Å². The average Bonchev–Trinajstić information content (AvgIpc) is 3.38. The Morgan fingerprint density at radius 2 is 1.77 bits per heavy atom. The first-order valence-corrected chi connectivity index (χ1v) is 12.9. The molecule has 3 N–H and O–H groups in total. The van der Waals surface area contributed by atoms with Gasteiger partial charge >= 0.3 is 0 Å². The average molecular weight is 529 g/mol. The van der Waals surface area contributed by atoms with Crippen molar-refractivity contribution in [2.45, 2.75) is 27.2 Å². The van der Waals surface area contributed by atoms with Crippen LogP contribution in [0, 0.1) is 6.92 Å². The van der Waals surface area contributed by atoms with Crippen LogP contribution in [0.5, 0.6) is 0 Å². The van der Waals surface area contributed by atoms with Crippen LogP contribution in [0.15, 0.2) is 84.8 Å². The predicted molar refractivity (Wildman–Crippen MR) is 156 cm³/mol. The number of benzene rings is 2. The summed E-state index contributed by atoms with van der Waals surface area (Å²) in [6.07, 6.45) is 4.16. The Labute approximate surface area is 229 Å². The molecular formula is C30H36N6O3. The van der Waals surface area contributed by atoms with Crippen LogP contribution in [0.2, 0.25) is 0 Å². The maximum Gasteiger partial charge on any atom is 0.254 e. The van der Waals surface area contributed by atoms with Crippen molar-refractivity contribution in [1.82, 2.24) is 15.1 Å². The summed E-state index contributed by atoms with van der Waals surface area (Å²) in [4.78, 5) is 31.0. The first-order chi connectivity index (χ1) is 18.9. The lowest BCUT2D eigenvalue weighted by Crippen LogP contribution is -2.40. The van der Waals surface area contributed by atoms with Crippen molar-refractivity contribution in [3.8, 4) is 0 Å². The topological polar surface area (TPSA) is 112 Å². The van der Waals surface area contributed by atoms with Gasteiger partial charge < -0.3 is 20.3 Å². The van der Waals surface area contributed by atoms with Gasteiger partial charge in [-0.05, 0) is 49.4 Å². The number of hydrogen-bond donors (Lipinski definition) is 3. The highest BCUT2D eigenvalue weighted by molar-refractivity contribution is 6.14. The van der Waals surface area contributed by atoms with Crippen LogP contribution in [0.25, 0.3) is 0 Å². The van der Waals surface area contributed by atoms with E-state index in [4.69, 9.17) is 9.73 Å². The van der Waals surface area contributed by atoms with Gasteiger partial charge in [-0.3, -0.25) is 14.7 Å². The van der Waals surface area contributed by atoms with Crippen molar-refractivity contribution in [2.24, 2.45) is 4.99 Å². The molecular weight excluding hydrogens is 492 g/mol. The van der Waals surface area contributed by atoms with Crippen molar-refractivity contribution >= 4 is 28.9 Å². The molecule has 2 aromatic carbocycles. The van der Waals surface area contributed by atoms with Gasteiger partial charge in [0, 0.05) is 46.8 Å². The molecule has 3 aromatic rings. The van der Waals surface area contributed by atoms with E-state index < -0.39 is 0 Å². The number of hydrogen-bond acceptors (Lipinski definition) is 6. The van der Waals surface area contributed by atoms with Crippen molar-refractivity contribution in [3.63, 3.8) is 0 Å². The monoisotopic (exact) mass is 528 g/mol. The number of nitrogens with zero attached hydrogens (tertiary/aromatic N) is 3. The highest BCUT2D eigenvalue weighted by atomic mass is 16.5. The maximum atomic E-state index is 12.7. The van der Waals surface area contributed by atoms with Gasteiger partial charge in [0.25, 0.3) is 5.91 Å². The molecule has 1 aliphatic rings. The van der Waals surface area contributed by atoms with E-state index in [9.17, 15) is 9.59 Å². The molecule has 1 saturated heterocycles. The Morgan fingerprint density at radius 3 is 2.38 bits per heavy atom. The fourth-order valence-electron chi connectivity index (χ4n) is 3.78. The molecule has 0 spiro atoms. The Balaban J connectivity index is 0.00000134. The summed E-state index contributed by atoms with van der Waals surface area (Å²) >= 11 is 0. The smallest absolute Gasteiger partial charge is 0.254 e. The molecule has 1 aliphatic heterocycles. The van der Waals surface area contributed by atoms with Gasteiger partial charge in [0.2, 0.25) is 5.91 Å². The summed E-state index contributed by atoms with van der Waals surface area (Å²) < 4.78 is 5.32. The van der Waals surface area contributed by atoms with E-state index in [1.165, 1.54) is 12.5 Å². The van der Waals surface area contributed by atoms with E-state index >= 15 is 0 Å². The van der Waals surface area contributed by atoms with Crippen molar-refractivity contribution in [2.75, 3.05) is 36.9 Å². The molecule has 9 heteroatoms. The zero-order chi connectivity index (χ0) is 28.2. The van der Waals surface area contributed by atoms with Crippen LogP contribution in [-0.2, 0) is 9.53 Å². The predicted octanol–water partition coefficient (Wildman–Crippen LogP) is 5.15. The lowest BCUT2D eigenvalue weighted by atomic mass is 10.0. The van der Waals surface area contributed by atoms with Crippen LogP contribution in [0.1, 0.15) is 47.4 Å². The Hall–Kier alpha value is -4.50. The number of amides is 2. The first-order valence-electron chi connectivity index (χ1n) is 12.9. The van der Waals surface area contributed by atoms with E-state index in [-0.39, 0.29) is 11.8 Å². The second-order valence-corrected chi connectivity index (χ2v) is 8.90. The number of carbonyl (C=O) groups excluding carboxylic acids is 2. The summed E-state index contributed by atoms with van der Waals surface area (Å²) in [7, 11) is 0. The molecule has 0 atom stereocenters. The number of aryl methyl sites for hydroxylation is 1. The summed E-state index contributed by atoms with van der Waals surface area (Å²) in [5, 5.41) is 13.0. The number of ether oxygens (including phenoxy) is 1. The molecule has 1 fully saturated rings. The number of aromatic amines is 1. The molecule has 2 heterocycles. The van der Waals surface area contributed by atoms with Gasteiger partial charge in [-0.25, -0.2) is 4.99 Å². The summed E-state index contributed by atoms with van der Waals surface area (Å²) in [6.45, 7) is 16.0. The minimum atomic E-state index is -0.299. The number of nitrogens with one attached hydrogen (secondary N) is 3. The third kappa shape index (κ3) is 8.24. The summed E-state index contributed by atoms with van der Waals surface area (Å²) in [5.41, 5.74) is 5.03. The molecule has 0 unspecified atom stereocenters. The molecule has 4 rings (SSSR count). The molecule has 1 aromatic heterocycles. The Bertz CT molecular complexity index is 1320. The van der Waals surface area contributed by atoms with Gasteiger partial charge in [-0.15, -0.1) is 0 Å². The first kappa shape index (κ1) is 29.1. The highest BCUT2D eigenvalue weighted by Crippen LogP contribution is 2.20. The number of aromatic nitrogens is 2. The standard InChI is InChI=1S/C27H28N6O3.C3H8/c1-4-25(34)31-23-7-5-6-21(16-23)26(24-17-28-32-18(24)2)30-19(3)29-22-10-8-20(9-11-22)27(35)33-12-14-36-15-13-33;1-3-2/h4-11,16-17,29H,1,3,12-15H2,2H3,(H,28,32)(H,31,34);3H2,1-2H3/b30-26-;. The van der Waals surface area contributed by atoms with Gasteiger partial charge in [-0.1, -0.05) is 45.6 Å². The lowest BCUT2D eigenvalue weighted by molar-refractivity contribution is -0.111. The molecule has 2 amide bonds. The van der Waals surface area contributed by atoms with Gasteiger partial charge in [0.15, 0.2) is 0 Å². The quantitative estimate of drug-likeness (QED) is 0.277. The molecule has 0 aliphatic carbocycles. The van der Waals surface area contributed by atoms with Crippen molar-refractivity contribution in [1.29, 1.82) is 0 Å². The van der Waals surface area contributed by atoms with Crippen molar-refractivity contribution in [3.05, 3.63) is 102 Å². The number of H-pyrrole nitrogens is 1.